The molecule has 0 saturated heterocycles. The van der Waals surface area contributed by atoms with Gasteiger partial charge in [-0.25, -0.2) is 4.39 Å². The Morgan fingerprint density at radius 3 is 2.36 bits per heavy atom. The molecule has 5 rings (SSSR count). The zero-order chi connectivity index (χ0) is 27.2. The van der Waals surface area contributed by atoms with Crippen molar-refractivity contribution in [3.8, 4) is 0 Å². The molecular formula is C30H23FN6O2. The molecule has 0 atom stereocenters. The maximum absolute atomic E-state index is 13.8. The third-order valence-electron chi connectivity index (χ3n) is 5.77. The molecule has 0 bridgehead atoms. The van der Waals surface area contributed by atoms with Gasteiger partial charge in [-0.2, -0.15) is 0 Å². The summed E-state index contributed by atoms with van der Waals surface area (Å²) in [5.74, 6) is -1.01. The number of nitrogens with one attached hydrogen (secondary N) is 4. The number of nitrogens with zero attached hydrogens (tertiary/aromatic N) is 2. The summed E-state index contributed by atoms with van der Waals surface area (Å²) in [4.78, 5) is 33.1. The van der Waals surface area contributed by atoms with Crippen LogP contribution in [-0.4, -0.2) is 21.8 Å². The van der Waals surface area contributed by atoms with E-state index in [9.17, 15) is 14.0 Å². The van der Waals surface area contributed by atoms with Gasteiger partial charge in [0.05, 0.1) is 23.1 Å². The van der Waals surface area contributed by atoms with Crippen LogP contribution in [0.1, 0.15) is 10.4 Å². The van der Waals surface area contributed by atoms with Crippen molar-refractivity contribution in [3.63, 3.8) is 0 Å². The SMILES string of the molecule is C=CC(=O)Nc1cnccc1Nc1cccc(NC(=O)c2cccc(Nc3ccnc4ccc(F)cc34)c2)c1. The second kappa shape index (κ2) is 11.2. The molecule has 39 heavy (non-hydrogen) atoms. The molecule has 0 aliphatic heterocycles. The van der Waals surface area contributed by atoms with Crippen LogP contribution in [0.25, 0.3) is 10.9 Å². The van der Waals surface area contributed by atoms with E-state index in [-0.39, 0.29) is 17.6 Å². The number of amides is 2. The molecule has 2 heterocycles. The van der Waals surface area contributed by atoms with Crippen LogP contribution < -0.4 is 21.3 Å². The van der Waals surface area contributed by atoms with E-state index in [0.717, 1.165) is 0 Å². The lowest BCUT2D eigenvalue weighted by atomic mass is 10.1. The van der Waals surface area contributed by atoms with Crippen LogP contribution in [0.2, 0.25) is 0 Å². The van der Waals surface area contributed by atoms with Crippen LogP contribution in [0.15, 0.2) is 110 Å². The highest BCUT2D eigenvalue weighted by Gasteiger charge is 2.10. The number of fused-ring (bicyclic) bond motifs is 1. The van der Waals surface area contributed by atoms with E-state index in [2.05, 4.69) is 37.8 Å². The Labute approximate surface area is 223 Å². The van der Waals surface area contributed by atoms with Gasteiger partial charge in [0.25, 0.3) is 5.91 Å². The smallest absolute Gasteiger partial charge is 0.255 e. The van der Waals surface area contributed by atoms with Crippen LogP contribution in [0.4, 0.5) is 38.5 Å². The Morgan fingerprint density at radius 1 is 0.769 bits per heavy atom. The highest BCUT2D eigenvalue weighted by atomic mass is 19.1. The molecule has 0 radical (unpaired) electrons. The van der Waals surface area contributed by atoms with Gasteiger partial charge in [0.1, 0.15) is 5.82 Å². The van der Waals surface area contributed by atoms with E-state index >= 15 is 0 Å². The van der Waals surface area contributed by atoms with Crippen LogP contribution >= 0.6 is 0 Å². The molecule has 0 spiro atoms. The lowest BCUT2D eigenvalue weighted by molar-refractivity contribution is -0.111. The van der Waals surface area contributed by atoms with E-state index < -0.39 is 0 Å². The first-order valence-electron chi connectivity index (χ1n) is 12.0. The number of hydrogen-bond acceptors (Lipinski definition) is 6. The van der Waals surface area contributed by atoms with E-state index in [1.165, 1.54) is 24.4 Å². The maximum atomic E-state index is 13.8. The number of hydrogen-bond donors (Lipinski definition) is 4. The third-order valence-corrected chi connectivity index (χ3v) is 5.77. The topological polar surface area (TPSA) is 108 Å². The molecule has 192 valence electrons. The van der Waals surface area contributed by atoms with Gasteiger partial charge in [0, 0.05) is 46.1 Å². The fraction of sp³-hybridized carbons (Fsp3) is 0. The Hall–Kier alpha value is -5.57. The molecule has 0 aliphatic rings. The fourth-order valence-corrected chi connectivity index (χ4v) is 3.94. The van der Waals surface area contributed by atoms with Gasteiger partial charge in [-0.3, -0.25) is 19.6 Å². The average Bonchev–Trinajstić information content (AvgIpc) is 2.95. The summed E-state index contributed by atoms with van der Waals surface area (Å²) in [7, 11) is 0. The average molecular weight is 519 g/mol. The monoisotopic (exact) mass is 518 g/mol. The standard InChI is InChI=1S/C30H23FN6O2/c1-2-29(38)37-28-18-32-13-11-27(28)35-22-7-4-8-23(17-22)36-30(39)19-5-3-6-21(15-19)34-26-12-14-33-25-10-9-20(31)16-24(25)26/h2-18H,1H2,(H,32,35)(H,33,34)(H,36,39)(H,37,38). The molecule has 8 nitrogen and oxygen atoms in total. The molecule has 0 aliphatic carbocycles. The molecule has 0 fully saturated rings. The number of carbonyl (C=O) groups is 2. The number of carbonyl (C=O) groups excluding carboxylic acids is 2. The fourth-order valence-electron chi connectivity index (χ4n) is 3.94. The first kappa shape index (κ1) is 25.1. The first-order valence-corrected chi connectivity index (χ1v) is 12.0. The van der Waals surface area contributed by atoms with E-state index in [0.29, 0.717) is 50.6 Å². The molecular weight excluding hydrogens is 495 g/mol. The first-order chi connectivity index (χ1) is 19.0. The Balaban J connectivity index is 1.31. The molecule has 0 unspecified atom stereocenters. The molecule has 0 saturated carbocycles. The van der Waals surface area contributed by atoms with Gasteiger partial charge in [-0.1, -0.05) is 18.7 Å². The summed E-state index contributed by atoms with van der Waals surface area (Å²) in [6.45, 7) is 3.46. The number of benzene rings is 3. The number of halogens is 1. The van der Waals surface area contributed by atoms with Crippen molar-refractivity contribution in [2.45, 2.75) is 0 Å². The molecule has 2 aromatic heterocycles. The predicted molar refractivity (Wildman–Crippen MR) is 152 cm³/mol. The van der Waals surface area contributed by atoms with Crippen molar-refractivity contribution < 1.29 is 14.0 Å². The van der Waals surface area contributed by atoms with E-state index in [1.807, 2.05) is 12.1 Å². The van der Waals surface area contributed by atoms with Crippen LogP contribution in [-0.2, 0) is 4.79 Å². The largest absolute Gasteiger partial charge is 0.355 e. The molecule has 4 N–H and O–H groups in total. The van der Waals surface area contributed by atoms with Crippen molar-refractivity contribution in [1.29, 1.82) is 0 Å². The number of pyridine rings is 2. The van der Waals surface area contributed by atoms with Crippen molar-refractivity contribution in [1.82, 2.24) is 9.97 Å². The molecule has 9 heteroatoms. The van der Waals surface area contributed by atoms with Crippen molar-refractivity contribution in [2.24, 2.45) is 0 Å². The number of anilines is 6. The highest BCUT2D eigenvalue weighted by Crippen LogP contribution is 2.28. The Kier molecular flexibility index (Phi) is 7.22. The minimum Gasteiger partial charge on any atom is -0.355 e. The second-order valence-electron chi connectivity index (χ2n) is 8.50. The normalized spacial score (nSPS) is 10.5. The highest BCUT2D eigenvalue weighted by molar-refractivity contribution is 6.05. The van der Waals surface area contributed by atoms with Crippen LogP contribution in [0.5, 0.6) is 0 Å². The Bertz CT molecular complexity index is 1700. The van der Waals surface area contributed by atoms with Crippen LogP contribution in [0.3, 0.4) is 0 Å². The summed E-state index contributed by atoms with van der Waals surface area (Å²) in [5.41, 5.74) is 4.83. The van der Waals surface area contributed by atoms with Gasteiger partial charge in [-0.05, 0) is 72.8 Å². The van der Waals surface area contributed by atoms with Crippen molar-refractivity contribution >= 4 is 56.8 Å². The van der Waals surface area contributed by atoms with Gasteiger partial charge < -0.3 is 21.3 Å². The summed E-state index contributed by atoms with van der Waals surface area (Å²) >= 11 is 0. The summed E-state index contributed by atoms with van der Waals surface area (Å²) < 4.78 is 13.8. The minimum atomic E-state index is -0.356. The Morgan fingerprint density at radius 2 is 1.51 bits per heavy atom. The minimum absolute atomic E-state index is 0.302. The zero-order valence-corrected chi connectivity index (χ0v) is 20.6. The maximum Gasteiger partial charge on any atom is 0.255 e. The van der Waals surface area contributed by atoms with Gasteiger partial charge >= 0.3 is 0 Å². The van der Waals surface area contributed by atoms with Crippen molar-refractivity contribution in [3.05, 3.63) is 121 Å². The van der Waals surface area contributed by atoms with Crippen molar-refractivity contribution in [2.75, 3.05) is 21.3 Å². The third kappa shape index (κ3) is 6.05. The van der Waals surface area contributed by atoms with E-state index in [4.69, 9.17) is 0 Å². The van der Waals surface area contributed by atoms with E-state index in [1.54, 1.807) is 67.0 Å². The quantitative estimate of drug-likeness (QED) is 0.172. The summed E-state index contributed by atoms with van der Waals surface area (Å²) in [5, 5.41) is 12.7. The zero-order valence-electron chi connectivity index (χ0n) is 20.6. The second-order valence-corrected chi connectivity index (χ2v) is 8.50. The van der Waals surface area contributed by atoms with Gasteiger partial charge in [-0.15, -0.1) is 0 Å². The lowest BCUT2D eigenvalue weighted by Crippen LogP contribution is -2.12. The molecule has 3 aromatic carbocycles. The van der Waals surface area contributed by atoms with Crippen LogP contribution in [0, 0.1) is 5.82 Å². The summed E-state index contributed by atoms with van der Waals surface area (Å²) in [6, 6.07) is 22.1. The number of aromatic nitrogens is 2. The number of rotatable bonds is 8. The van der Waals surface area contributed by atoms with Gasteiger partial charge in [0.15, 0.2) is 0 Å². The molecule has 5 aromatic rings. The lowest BCUT2D eigenvalue weighted by Gasteiger charge is -2.13. The molecule has 2 amide bonds. The predicted octanol–water partition coefficient (Wildman–Crippen LogP) is 6.63. The summed E-state index contributed by atoms with van der Waals surface area (Å²) in [6.07, 6.45) is 5.95. The van der Waals surface area contributed by atoms with Gasteiger partial charge in [0.2, 0.25) is 5.91 Å².